The molecule has 130 valence electrons. The third kappa shape index (κ3) is 4.06. The lowest BCUT2D eigenvalue weighted by Gasteiger charge is -2.25. The van der Waals surface area contributed by atoms with Crippen molar-refractivity contribution in [1.29, 1.82) is 0 Å². The molecule has 2 aromatic heterocycles. The van der Waals surface area contributed by atoms with Crippen molar-refractivity contribution in [3.05, 3.63) is 60.7 Å². The number of aromatic nitrogens is 3. The van der Waals surface area contributed by atoms with Gasteiger partial charge in [-0.3, -0.25) is 9.88 Å². The van der Waals surface area contributed by atoms with Crippen LogP contribution in [-0.4, -0.2) is 45.2 Å². The summed E-state index contributed by atoms with van der Waals surface area (Å²) in [4.78, 5) is 11.4. The second kappa shape index (κ2) is 7.76. The highest BCUT2D eigenvalue weighted by Crippen LogP contribution is 2.16. The van der Waals surface area contributed by atoms with E-state index in [1.165, 1.54) is 11.9 Å². The van der Waals surface area contributed by atoms with Gasteiger partial charge in [0, 0.05) is 39.0 Å². The molecule has 0 unspecified atom stereocenters. The highest BCUT2D eigenvalue weighted by molar-refractivity contribution is 5.74. The van der Waals surface area contributed by atoms with Gasteiger partial charge in [-0.25, -0.2) is 4.98 Å². The van der Waals surface area contributed by atoms with Crippen molar-refractivity contribution in [1.82, 2.24) is 19.4 Å². The summed E-state index contributed by atoms with van der Waals surface area (Å²) < 4.78 is 8.08. The monoisotopic (exact) mass is 336 g/mol. The minimum atomic E-state index is 0.350. The number of fused-ring (bicyclic) bond motifs is 1. The first-order chi connectivity index (χ1) is 12.4. The molecule has 0 N–H and O–H groups in total. The van der Waals surface area contributed by atoms with Crippen LogP contribution in [0.2, 0.25) is 0 Å². The van der Waals surface area contributed by atoms with E-state index in [4.69, 9.17) is 4.74 Å². The average Bonchev–Trinajstić information content (AvgIpc) is 3.30. The van der Waals surface area contributed by atoms with Gasteiger partial charge < -0.3 is 9.30 Å². The van der Waals surface area contributed by atoms with Gasteiger partial charge in [0.2, 0.25) is 0 Å². The number of hydrogen-bond donors (Lipinski definition) is 0. The Bertz CT molecular complexity index is 796. The lowest BCUT2D eigenvalue weighted by Crippen LogP contribution is -2.34. The first-order valence-corrected chi connectivity index (χ1v) is 9.02. The molecule has 1 fully saturated rings. The van der Waals surface area contributed by atoms with Gasteiger partial charge in [0.25, 0.3) is 0 Å². The fourth-order valence-electron chi connectivity index (χ4n) is 3.47. The maximum absolute atomic E-state index is 5.85. The lowest BCUT2D eigenvalue weighted by atomic mass is 10.2. The predicted molar refractivity (Wildman–Crippen MR) is 98.2 cm³/mol. The normalized spacial score (nSPS) is 17.6. The molecule has 0 aliphatic carbocycles. The second-order valence-electron chi connectivity index (χ2n) is 6.62. The van der Waals surface area contributed by atoms with E-state index >= 15 is 0 Å². The van der Waals surface area contributed by atoms with Crippen LogP contribution in [0.5, 0.6) is 0 Å². The van der Waals surface area contributed by atoms with Crippen molar-refractivity contribution in [2.45, 2.75) is 32.0 Å². The van der Waals surface area contributed by atoms with Crippen LogP contribution in [0.3, 0.4) is 0 Å². The molecule has 1 aliphatic heterocycles. The molecule has 0 amide bonds. The molecule has 1 aliphatic rings. The molecule has 5 nitrogen and oxygen atoms in total. The summed E-state index contributed by atoms with van der Waals surface area (Å²) in [7, 11) is 0. The highest BCUT2D eigenvalue weighted by Gasteiger charge is 2.19. The van der Waals surface area contributed by atoms with Crippen LogP contribution in [0, 0.1) is 0 Å². The Balaban J connectivity index is 1.45. The molecule has 3 aromatic rings. The van der Waals surface area contributed by atoms with Gasteiger partial charge in [0.15, 0.2) is 0 Å². The van der Waals surface area contributed by atoms with Crippen LogP contribution in [0.4, 0.5) is 0 Å². The third-order valence-corrected chi connectivity index (χ3v) is 4.78. The quantitative estimate of drug-likeness (QED) is 0.665. The van der Waals surface area contributed by atoms with E-state index in [-0.39, 0.29) is 0 Å². The molecule has 0 bridgehead atoms. The van der Waals surface area contributed by atoms with Crippen LogP contribution in [0.15, 0.2) is 55.0 Å². The van der Waals surface area contributed by atoms with Gasteiger partial charge in [0.1, 0.15) is 0 Å². The zero-order valence-electron chi connectivity index (χ0n) is 14.4. The predicted octanol–water partition coefficient (Wildman–Crippen LogP) is 3.11. The van der Waals surface area contributed by atoms with Crippen LogP contribution >= 0.6 is 0 Å². The van der Waals surface area contributed by atoms with Crippen molar-refractivity contribution in [3.8, 4) is 0 Å². The van der Waals surface area contributed by atoms with E-state index in [0.29, 0.717) is 6.10 Å². The van der Waals surface area contributed by atoms with Crippen LogP contribution < -0.4 is 0 Å². The standard InChI is InChI=1S/C20H24N4O/c1-2-9-20-19(8-1)22-16-24(20)12-11-23(15-18-7-5-13-25-18)14-17-6-3-4-10-21-17/h1-4,6,8-10,16,18H,5,7,11-15H2/t18-/m0/s1. The Kier molecular flexibility index (Phi) is 5.04. The molecular formula is C20H24N4O. The van der Waals surface area contributed by atoms with E-state index in [9.17, 15) is 0 Å². The summed E-state index contributed by atoms with van der Waals surface area (Å²) in [6.45, 7) is 4.58. The SMILES string of the molecule is c1ccc(CN(CCn2cnc3ccccc32)C[C@@H]2CCCO2)nc1. The molecule has 5 heteroatoms. The molecule has 4 rings (SSSR count). The molecule has 3 heterocycles. The van der Waals surface area contributed by atoms with Crippen LogP contribution in [-0.2, 0) is 17.8 Å². The van der Waals surface area contributed by atoms with Crippen LogP contribution in [0.25, 0.3) is 11.0 Å². The summed E-state index contributed by atoms with van der Waals surface area (Å²) >= 11 is 0. The van der Waals surface area contributed by atoms with Gasteiger partial charge in [-0.1, -0.05) is 18.2 Å². The molecule has 1 atom stereocenters. The van der Waals surface area contributed by atoms with E-state index in [1.807, 2.05) is 24.7 Å². The smallest absolute Gasteiger partial charge is 0.0958 e. The summed E-state index contributed by atoms with van der Waals surface area (Å²) in [5.41, 5.74) is 3.35. The van der Waals surface area contributed by atoms with Crippen molar-refractivity contribution >= 4 is 11.0 Å². The minimum Gasteiger partial charge on any atom is -0.377 e. The average molecular weight is 336 g/mol. The number of hydrogen-bond acceptors (Lipinski definition) is 4. The zero-order chi connectivity index (χ0) is 16.9. The van der Waals surface area contributed by atoms with Crippen molar-refractivity contribution in [2.24, 2.45) is 0 Å². The maximum atomic E-state index is 5.85. The number of ether oxygens (including phenoxy) is 1. The Morgan fingerprint density at radius 3 is 2.88 bits per heavy atom. The highest BCUT2D eigenvalue weighted by atomic mass is 16.5. The molecule has 0 spiro atoms. The Hall–Kier alpha value is -2.24. The number of pyridine rings is 1. The Morgan fingerprint density at radius 2 is 2.04 bits per heavy atom. The maximum Gasteiger partial charge on any atom is 0.0958 e. The van der Waals surface area contributed by atoms with Gasteiger partial charge in [-0.05, 0) is 37.1 Å². The summed E-state index contributed by atoms with van der Waals surface area (Å²) in [5.74, 6) is 0. The van der Waals surface area contributed by atoms with Gasteiger partial charge >= 0.3 is 0 Å². The van der Waals surface area contributed by atoms with Crippen molar-refractivity contribution in [3.63, 3.8) is 0 Å². The second-order valence-corrected chi connectivity index (χ2v) is 6.62. The number of imidazole rings is 1. The number of nitrogens with zero attached hydrogens (tertiary/aromatic N) is 4. The first-order valence-electron chi connectivity index (χ1n) is 9.02. The summed E-state index contributed by atoms with van der Waals surface area (Å²) in [5, 5.41) is 0. The summed E-state index contributed by atoms with van der Waals surface area (Å²) in [6, 6.07) is 14.4. The fraction of sp³-hybridized carbons (Fsp3) is 0.400. The number of para-hydroxylation sites is 2. The molecule has 25 heavy (non-hydrogen) atoms. The van der Waals surface area contributed by atoms with Gasteiger partial charge in [-0.15, -0.1) is 0 Å². The minimum absolute atomic E-state index is 0.350. The van der Waals surface area contributed by atoms with Crippen molar-refractivity contribution < 1.29 is 4.74 Å². The summed E-state index contributed by atoms with van der Waals surface area (Å²) in [6.07, 6.45) is 6.49. The van der Waals surface area contributed by atoms with E-state index in [1.54, 1.807) is 0 Å². The van der Waals surface area contributed by atoms with Gasteiger partial charge in [-0.2, -0.15) is 0 Å². The lowest BCUT2D eigenvalue weighted by molar-refractivity contribution is 0.0690. The van der Waals surface area contributed by atoms with Crippen molar-refractivity contribution in [2.75, 3.05) is 19.7 Å². The Labute approximate surface area is 148 Å². The Morgan fingerprint density at radius 1 is 1.12 bits per heavy atom. The molecule has 0 saturated carbocycles. The largest absolute Gasteiger partial charge is 0.377 e. The number of benzene rings is 1. The molecule has 1 aromatic carbocycles. The molecular weight excluding hydrogens is 312 g/mol. The van der Waals surface area contributed by atoms with Gasteiger partial charge in [0.05, 0.1) is 29.2 Å². The molecule has 1 saturated heterocycles. The topological polar surface area (TPSA) is 43.2 Å². The fourth-order valence-corrected chi connectivity index (χ4v) is 3.47. The van der Waals surface area contributed by atoms with E-state index in [2.05, 4.69) is 49.8 Å². The van der Waals surface area contributed by atoms with Crippen LogP contribution in [0.1, 0.15) is 18.5 Å². The zero-order valence-corrected chi connectivity index (χ0v) is 14.4. The first kappa shape index (κ1) is 16.2. The third-order valence-electron chi connectivity index (χ3n) is 4.78. The molecule has 0 radical (unpaired) electrons. The van der Waals surface area contributed by atoms with E-state index < -0.39 is 0 Å². The van der Waals surface area contributed by atoms with E-state index in [0.717, 1.165) is 50.4 Å². The number of rotatable bonds is 7.